The Balaban J connectivity index is 3.10. The number of hydrogen-bond acceptors (Lipinski definition) is 2. The molecule has 0 fully saturated rings. The van der Waals surface area contributed by atoms with Crippen LogP contribution in [-0.4, -0.2) is 11.4 Å². The van der Waals surface area contributed by atoms with E-state index in [0.717, 1.165) is 10.7 Å². The highest BCUT2D eigenvalue weighted by Gasteiger charge is 1.99. The van der Waals surface area contributed by atoms with Crippen molar-refractivity contribution in [3.8, 4) is 0 Å². The maximum atomic E-state index is 10.4. The first-order valence-corrected chi connectivity index (χ1v) is 4.12. The molecule has 1 rings (SSSR count). The smallest absolute Gasteiger partial charge is 0.153 e. The van der Waals surface area contributed by atoms with Crippen molar-refractivity contribution < 1.29 is 9.90 Å². The van der Waals surface area contributed by atoms with Crippen LogP contribution >= 0.6 is 15.9 Å². The summed E-state index contributed by atoms with van der Waals surface area (Å²) in [4.78, 5) is 10.4. The van der Waals surface area contributed by atoms with Gasteiger partial charge in [-0.2, -0.15) is 0 Å². The molecule has 62 valence electrons. The van der Waals surface area contributed by atoms with Crippen molar-refractivity contribution in [3.05, 3.63) is 40.6 Å². The molecule has 0 aliphatic carbocycles. The van der Waals surface area contributed by atoms with Crippen molar-refractivity contribution >= 4 is 27.8 Å². The van der Waals surface area contributed by atoms with E-state index in [1.165, 1.54) is 0 Å². The van der Waals surface area contributed by atoms with E-state index in [1.54, 1.807) is 18.2 Å². The fourth-order valence-electron chi connectivity index (χ4n) is 0.841. The summed E-state index contributed by atoms with van der Waals surface area (Å²) in [6.07, 6.45) is 1.41. The Morgan fingerprint density at radius 2 is 2.25 bits per heavy atom. The van der Waals surface area contributed by atoms with Gasteiger partial charge in [-0.1, -0.05) is 28.1 Å². The largest absolute Gasteiger partial charge is 0.515 e. The van der Waals surface area contributed by atoms with Crippen molar-refractivity contribution in [1.29, 1.82) is 0 Å². The van der Waals surface area contributed by atoms with Crippen LogP contribution in [-0.2, 0) is 4.79 Å². The maximum absolute atomic E-state index is 10.4. The van der Waals surface area contributed by atoms with Gasteiger partial charge in [-0.05, 0) is 17.7 Å². The van der Waals surface area contributed by atoms with Gasteiger partial charge in [0.15, 0.2) is 6.29 Å². The zero-order valence-electron chi connectivity index (χ0n) is 6.20. The summed E-state index contributed by atoms with van der Waals surface area (Å²) in [6.45, 7) is 0. The summed E-state index contributed by atoms with van der Waals surface area (Å²) in [5.74, 6) is 0. The molecule has 0 bridgehead atoms. The van der Waals surface area contributed by atoms with Crippen LogP contribution in [0.1, 0.15) is 5.56 Å². The van der Waals surface area contributed by atoms with Crippen molar-refractivity contribution in [3.63, 3.8) is 0 Å². The molecule has 0 radical (unpaired) electrons. The fraction of sp³-hybridized carbons (Fsp3) is 0. The first-order chi connectivity index (χ1) is 5.77. The summed E-state index contributed by atoms with van der Waals surface area (Å²) >= 11 is 3.26. The van der Waals surface area contributed by atoms with Gasteiger partial charge in [-0.25, -0.2) is 0 Å². The number of aldehydes is 1. The quantitative estimate of drug-likeness (QED) is 0.478. The number of aliphatic hydroxyl groups excluding tert-OH is 1. The molecule has 0 aliphatic rings. The van der Waals surface area contributed by atoms with Gasteiger partial charge in [0.25, 0.3) is 0 Å². The van der Waals surface area contributed by atoms with E-state index in [2.05, 4.69) is 15.9 Å². The van der Waals surface area contributed by atoms with Crippen LogP contribution in [0.3, 0.4) is 0 Å². The highest BCUT2D eigenvalue weighted by molar-refractivity contribution is 9.10. The number of carbonyl (C=O) groups is 1. The molecule has 12 heavy (non-hydrogen) atoms. The second-order valence-corrected chi connectivity index (χ2v) is 3.13. The average molecular weight is 227 g/mol. The first-order valence-electron chi connectivity index (χ1n) is 3.33. The van der Waals surface area contributed by atoms with Crippen molar-refractivity contribution in [1.82, 2.24) is 0 Å². The molecule has 0 saturated heterocycles. The zero-order valence-corrected chi connectivity index (χ0v) is 7.78. The molecule has 0 aliphatic heterocycles. The van der Waals surface area contributed by atoms with Crippen LogP contribution in [0.2, 0.25) is 0 Å². The van der Waals surface area contributed by atoms with E-state index < -0.39 is 0 Å². The van der Waals surface area contributed by atoms with E-state index in [1.807, 2.05) is 6.07 Å². The molecule has 0 amide bonds. The maximum Gasteiger partial charge on any atom is 0.153 e. The van der Waals surface area contributed by atoms with Crippen LogP contribution in [0.4, 0.5) is 0 Å². The molecule has 2 nitrogen and oxygen atoms in total. The third-order valence-corrected chi connectivity index (χ3v) is 1.92. The van der Waals surface area contributed by atoms with Crippen LogP contribution in [0.15, 0.2) is 35.0 Å². The predicted octanol–water partition coefficient (Wildman–Crippen LogP) is 2.55. The molecular formula is C9H7BrO2. The molecule has 0 spiro atoms. The Labute approximate surface area is 78.7 Å². The van der Waals surface area contributed by atoms with E-state index in [-0.39, 0.29) is 5.57 Å². The lowest BCUT2D eigenvalue weighted by molar-refractivity contribution is -0.103. The zero-order chi connectivity index (χ0) is 8.97. The Bertz CT molecular complexity index is 318. The topological polar surface area (TPSA) is 37.3 Å². The fourth-order valence-corrected chi connectivity index (χ4v) is 1.24. The average Bonchev–Trinajstić information content (AvgIpc) is 2.07. The lowest BCUT2D eigenvalue weighted by atomic mass is 10.1. The SMILES string of the molecule is O=C/C(=C\O)c1cccc(Br)c1. The van der Waals surface area contributed by atoms with E-state index >= 15 is 0 Å². The number of benzene rings is 1. The molecule has 1 aromatic rings. The normalized spacial score (nSPS) is 11.2. The van der Waals surface area contributed by atoms with E-state index in [9.17, 15) is 4.79 Å². The minimum absolute atomic E-state index is 0.274. The van der Waals surface area contributed by atoms with Gasteiger partial charge in [-0.3, -0.25) is 4.79 Å². The second kappa shape index (κ2) is 4.07. The van der Waals surface area contributed by atoms with Gasteiger partial charge < -0.3 is 5.11 Å². The Kier molecular flexibility index (Phi) is 3.05. The number of carbonyl (C=O) groups excluding carboxylic acids is 1. The molecular weight excluding hydrogens is 220 g/mol. The minimum atomic E-state index is 0.274. The second-order valence-electron chi connectivity index (χ2n) is 2.21. The molecule has 0 atom stereocenters. The Morgan fingerprint density at radius 3 is 2.75 bits per heavy atom. The molecule has 0 saturated carbocycles. The number of halogens is 1. The number of hydrogen-bond donors (Lipinski definition) is 1. The Hall–Kier alpha value is -1.09. The summed E-state index contributed by atoms with van der Waals surface area (Å²) < 4.78 is 0.876. The molecule has 0 heterocycles. The molecule has 3 heteroatoms. The lowest BCUT2D eigenvalue weighted by Crippen LogP contribution is -1.84. The number of allylic oxidation sites excluding steroid dienone is 1. The summed E-state index contributed by atoms with van der Waals surface area (Å²) in [7, 11) is 0. The third kappa shape index (κ3) is 1.95. The first kappa shape index (κ1) is 9.00. The van der Waals surface area contributed by atoms with E-state index in [0.29, 0.717) is 11.8 Å². The predicted molar refractivity (Wildman–Crippen MR) is 50.8 cm³/mol. The summed E-state index contributed by atoms with van der Waals surface area (Å²) in [6, 6.07) is 7.16. The molecule has 1 aromatic carbocycles. The highest BCUT2D eigenvalue weighted by atomic mass is 79.9. The summed E-state index contributed by atoms with van der Waals surface area (Å²) in [5.41, 5.74) is 0.971. The van der Waals surface area contributed by atoms with Crippen LogP contribution in [0.5, 0.6) is 0 Å². The number of aliphatic hydroxyl groups is 1. The minimum Gasteiger partial charge on any atom is -0.515 e. The van der Waals surface area contributed by atoms with Crippen LogP contribution in [0.25, 0.3) is 5.57 Å². The standard InChI is InChI=1S/C9H7BrO2/c10-9-3-1-2-7(4-9)8(5-11)6-12/h1-6,11H/b8-5+. The van der Waals surface area contributed by atoms with Gasteiger partial charge in [0.05, 0.1) is 11.8 Å². The van der Waals surface area contributed by atoms with Crippen molar-refractivity contribution in [2.24, 2.45) is 0 Å². The monoisotopic (exact) mass is 226 g/mol. The van der Waals surface area contributed by atoms with E-state index in [4.69, 9.17) is 5.11 Å². The van der Waals surface area contributed by atoms with Crippen LogP contribution < -0.4 is 0 Å². The lowest BCUT2D eigenvalue weighted by Gasteiger charge is -1.97. The molecule has 1 N–H and O–H groups in total. The Morgan fingerprint density at radius 1 is 1.50 bits per heavy atom. The van der Waals surface area contributed by atoms with Gasteiger partial charge in [0.1, 0.15) is 0 Å². The van der Waals surface area contributed by atoms with Gasteiger partial charge >= 0.3 is 0 Å². The van der Waals surface area contributed by atoms with Gasteiger partial charge in [0.2, 0.25) is 0 Å². The van der Waals surface area contributed by atoms with Crippen LogP contribution in [0, 0.1) is 0 Å². The highest BCUT2D eigenvalue weighted by Crippen LogP contribution is 2.16. The third-order valence-electron chi connectivity index (χ3n) is 1.42. The molecule has 0 aromatic heterocycles. The summed E-state index contributed by atoms with van der Waals surface area (Å²) in [5, 5.41) is 8.66. The van der Waals surface area contributed by atoms with Gasteiger partial charge in [-0.15, -0.1) is 0 Å². The number of rotatable bonds is 2. The van der Waals surface area contributed by atoms with Crippen molar-refractivity contribution in [2.75, 3.05) is 0 Å². The van der Waals surface area contributed by atoms with Gasteiger partial charge in [0, 0.05) is 4.47 Å². The van der Waals surface area contributed by atoms with Crippen molar-refractivity contribution in [2.45, 2.75) is 0 Å². The molecule has 0 unspecified atom stereocenters.